The van der Waals surface area contributed by atoms with Gasteiger partial charge >= 0.3 is 5.97 Å². The Bertz CT molecular complexity index is 535. The molecule has 0 aliphatic carbocycles. The Morgan fingerprint density at radius 1 is 1.48 bits per heavy atom. The maximum atomic E-state index is 11.3. The number of hydrogen-bond acceptors (Lipinski definition) is 4. The molecule has 0 amide bonds. The predicted molar refractivity (Wildman–Crippen MR) is 78.1 cm³/mol. The third-order valence-electron chi connectivity index (χ3n) is 3.95. The molecule has 21 heavy (non-hydrogen) atoms. The first kappa shape index (κ1) is 15.3. The molecule has 0 aromatic heterocycles. The van der Waals surface area contributed by atoms with E-state index in [2.05, 4.69) is 11.0 Å². The second-order valence-electron chi connectivity index (χ2n) is 5.73. The molecule has 0 spiro atoms. The highest BCUT2D eigenvalue weighted by molar-refractivity contribution is 5.74. The highest BCUT2D eigenvalue weighted by atomic mass is 16.5. The summed E-state index contributed by atoms with van der Waals surface area (Å²) in [6.07, 6.45) is 1.63. The van der Waals surface area contributed by atoms with Gasteiger partial charge in [0.1, 0.15) is 12.4 Å². The first-order chi connectivity index (χ1) is 10.0. The van der Waals surface area contributed by atoms with Crippen LogP contribution in [-0.4, -0.2) is 42.2 Å². The summed E-state index contributed by atoms with van der Waals surface area (Å²) >= 11 is 0. The van der Waals surface area contributed by atoms with Crippen LogP contribution in [0.4, 0.5) is 0 Å². The van der Waals surface area contributed by atoms with Gasteiger partial charge in [-0.1, -0.05) is 0 Å². The largest absolute Gasteiger partial charge is 0.492 e. The molecular weight excluding hydrogens is 268 g/mol. The molecule has 5 nitrogen and oxygen atoms in total. The summed E-state index contributed by atoms with van der Waals surface area (Å²) in [5, 5.41) is 18.0. The summed E-state index contributed by atoms with van der Waals surface area (Å²) in [5.41, 5.74) is -0.0391. The Balaban J connectivity index is 1.80. The SMILES string of the molecule is CC1(C(=O)O)CCCN(CCOc2ccc(C#N)cc2)C1. The molecular formula is C16H20N2O3. The van der Waals surface area contributed by atoms with Crippen molar-refractivity contribution in [1.29, 1.82) is 5.26 Å². The fourth-order valence-corrected chi connectivity index (χ4v) is 2.63. The third kappa shape index (κ3) is 3.96. The van der Waals surface area contributed by atoms with Gasteiger partial charge in [0.05, 0.1) is 17.0 Å². The van der Waals surface area contributed by atoms with Crippen LogP contribution in [0.2, 0.25) is 0 Å². The number of hydrogen-bond donors (Lipinski definition) is 1. The van der Waals surface area contributed by atoms with Crippen molar-refractivity contribution in [2.45, 2.75) is 19.8 Å². The first-order valence-electron chi connectivity index (χ1n) is 7.12. The van der Waals surface area contributed by atoms with Gasteiger partial charge in [-0.3, -0.25) is 9.69 Å². The van der Waals surface area contributed by atoms with Crippen LogP contribution < -0.4 is 4.74 Å². The van der Waals surface area contributed by atoms with E-state index in [9.17, 15) is 9.90 Å². The molecule has 1 saturated heterocycles. The maximum Gasteiger partial charge on any atom is 0.310 e. The van der Waals surface area contributed by atoms with Crippen LogP contribution in [0, 0.1) is 16.7 Å². The van der Waals surface area contributed by atoms with Crippen LogP contribution in [0.1, 0.15) is 25.3 Å². The van der Waals surface area contributed by atoms with Crippen LogP contribution in [-0.2, 0) is 4.79 Å². The minimum atomic E-state index is -0.722. The molecule has 1 aliphatic rings. The van der Waals surface area contributed by atoms with Gasteiger partial charge in [0.2, 0.25) is 0 Å². The molecule has 1 aromatic rings. The number of piperidine rings is 1. The molecule has 1 atom stereocenters. The summed E-state index contributed by atoms with van der Waals surface area (Å²) in [5.74, 6) is 0.00668. The average Bonchev–Trinajstić information content (AvgIpc) is 2.48. The molecule has 0 saturated carbocycles. The standard InChI is InChI=1S/C16H20N2O3/c1-16(15(19)20)7-2-8-18(12-16)9-10-21-14-5-3-13(11-17)4-6-14/h3-6H,2,7-10,12H2,1H3,(H,19,20). The summed E-state index contributed by atoms with van der Waals surface area (Å²) < 4.78 is 5.64. The Labute approximate surface area is 124 Å². The molecule has 0 radical (unpaired) electrons. The lowest BCUT2D eigenvalue weighted by Crippen LogP contribution is -2.47. The number of likely N-dealkylation sites (tertiary alicyclic amines) is 1. The number of ether oxygens (including phenoxy) is 1. The Hall–Kier alpha value is -2.06. The van der Waals surface area contributed by atoms with Crippen molar-refractivity contribution in [2.75, 3.05) is 26.2 Å². The van der Waals surface area contributed by atoms with Crippen LogP contribution in [0.5, 0.6) is 5.75 Å². The van der Waals surface area contributed by atoms with Crippen molar-refractivity contribution in [3.63, 3.8) is 0 Å². The van der Waals surface area contributed by atoms with Gasteiger partial charge in [-0.25, -0.2) is 0 Å². The van der Waals surface area contributed by atoms with E-state index in [1.165, 1.54) is 0 Å². The van der Waals surface area contributed by atoms with Crippen molar-refractivity contribution in [3.8, 4) is 11.8 Å². The quantitative estimate of drug-likeness (QED) is 0.898. The van der Waals surface area contributed by atoms with E-state index in [-0.39, 0.29) is 0 Å². The maximum absolute atomic E-state index is 11.3. The summed E-state index contributed by atoms with van der Waals surface area (Å²) in [6.45, 7) is 4.52. The van der Waals surface area contributed by atoms with Gasteiger partial charge in [0, 0.05) is 13.1 Å². The topological polar surface area (TPSA) is 73.6 Å². The molecule has 1 aromatic carbocycles. The van der Waals surface area contributed by atoms with E-state index in [1.807, 2.05) is 6.92 Å². The van der Waals surface area contributed by atoms with Crippen LogP contribution in [0.3, 0.4) is 0 Å². The number of benzene rings is 1. The Kier molecular flexibility index (Phi) is 4.81. The molecule has 1 N–H and O–H groups in total. The van der Waals surface area contributed by atoms with Crippen molar-refractivity contribution < 1.29 is 14.6 Å². The highest BCUT2D eigenvalue weighted by Gasteiger charge is 2.37. The lowest BCUT2D eigenvalue weighted by Gasteiger charge is -2.37. The lowest BCUT2D eigenvalue weighted by atomic mass is 9.82. The normalized spacial score (nSPS) is 22.5. The first-order valence-corrected chi connectivity index (χ1v) is 7.12. The zero-order valence-corrected chi connectivity index (χ0v) is 12.2. The monoisotopic (exact) mass is 288 g/mol. The average molecular weight is 288 g/mol. The van der Waals surface area contributed by atoms with Gasteiger partial charge in [-0.2, -0.15) is 5.26 Å². The van der Waals surface area contributed by atoms with Gasteiger partial charge < -0.3 is 9.84 Å². The fraction of sp³-hybridized carbons (Fsp3) is 0.500. The Morgan fingerprint density at radius 3 is 2.81 bits per heavy atom. The van der Waals surface area contributed by atoms with E-state index in [0.29, 0.717) is 25.3 Å². The molecule has 1 unspecified atom stereocenters. The van der Waals surface area contributed by atoms with E-state index >= 15 is 0 Å². The van der Waals surface area contributed by atoms with E-state index in [1.54, 1.807) is 24.3 Å². The van der Waals surface area contributed by atoms with Gasteiger partial charge in [0.25, 0.3) is 0 Å². The molecule has 1 fully saturated rings. The van der Waals surface area contributed by atoms with Crippen LogP contribution in [0.15, 0.2) is 24.3 Å². The third-order valence-corrected chi connectivity index (χ3v) is 3.95. The highest BCUT2D eigenvalue weighted by Crippen LogP contribution is 2.29. The van der Waals surface area contributed by atoms with E-state index in [4.69, 9.17) is 10.00 Å². The van der Waals surface area contributed by atoms with Crippen LogP contribution in [0.25, 0.3) is 0 Å². The second kappa shape index (κ2) is 6.59. The number of rotatable bonds is 5. The van der Waals surface area contributed by atoms with E-state index in [0.717, 1.165) is 25.1 Å². The van der Waals surface area contributed by atoms with Gasteiger partial charge in [-0.05, 0) is 50.6 Å². The summed E-state index contributed by atoms with van der Waals surface area (Å²) in [6, 6.07) is 9.05. The zero-order chi connectivity index (χ0) is 15.3. The molecule has 112 valence electrons. The number of nitriles is 1. The van der Waals surface area contributed by atoms with Crippen molar-refractivity contribution in [3.05, 3.63) is 29.8 Å². The predicted octanol–water partition coefficient (Wildman–Crippen LogP) is 2.12. The van der Waals surface area contributed by atoms with Crippen LogP contribution >= 0.6 is 0 Å². The fourth-order valence-electron chi connectivity index (χ4n) is 2.63. The smallest absolute Gasteiger partial charge is 0.310 e. The molecule has 1 heterocycles. The molecule has 0 bridgehead atoms. The number of aliphatic carboxylic acids is 1. The number of carboxylic acid groups (broad SMARTS) is 1. The molecule has 1 aliphatic heterocycles. The number of carboxylic acids is 1. The van der Waals surface area contributed by atoms with Gasteiger partial charge in [-0.15, -0.1) is 0 Å². The summed E-state index contributed by atoms with van der Waals surface area (Å²) in [4.78, 5) is 13.4. The van der Waals surface area contributed by atoms with Crippen molar-refractivity contribution in [2.24, 2.45) is 5.41 Å². The van der Waals surface area contributed by atoms with Crippen molar-refractivity contribution in [1.82, 2.24) is 4.90 Å². The minimum Gasteiger partial charge on any atom is -0.492 e. The van der Waals surface area contributed by atoms with Crippen molar-refractivity contribution >= 4 is 5.97 Å². The number of nitrogens with zero attached hydrogens (tertiary/aromatic N) is 2. The van der Waals surface area contributed by atoms with Gasteiger partial charge in [0.15, 0.2) is 0 Å². The van der Waals surface area contributed by atoms with E-state index < -0.39 is 11.4 Å². The minimum absolute atomic E-state index is 0.515. The Morgan fingerprint density at radius 2 is 2.19 bits per heavy atom. The molecule has 2 rings (SSSR count). The lowest BCUT2D eigenvalue weighted by molar-refractivity contribution is -0.151. The molecule has 5 heteroatoms. The zero-order valence-electron chi connectivity index (χ0n) is 12.2. The second-order valence-corrected chi connectivity index (χ2v) is 5.73. The number of carbonyl (C=O) groups is 1. The summed E-state index contributed by atoms with van der Waals surface area (Å²) in [7, 11) is 0.